The van der Waals surface area contributed by atoms with Gasteiger partial charge in [-0.15, -0.1) is 0 Å². The summed E-state index contributed by atoms with van der Waals surface area (Å²) in [7, 11) is -3.33. The summed E-state index contributed by atoms with van der Waals surface area (Å²) in [6, 6.07) is 14.2. The van der Waals surface area contributed by atoms with Gasteiger partial charge in [-0.05, 0) is 59.6 Å². The molecule has 1 aliphatic rings. The number of primary amides is 1. The van der Waals surface area contributed by atoms with E-state index in [1.807, 2.05) is 42.6 Å². The second kappa shape index (κ2) is 9.44. The largest absolute Gasteiger partial charge is 0.396 e. The Balaban J connectivity index is 1.65. The Bertz CT molecular complexity index is 1200. The van der Waals surface area contributed by atoms with Crippen LogP contribution in [0.5, 0.6) is 0 Å². The third kappa shape index (κ3) is 4.72. The maximum Gasteiger partial charge on any atom is 0.221 e. The Morgan fingerprint density at radius 3 is 2.50 bits per heavy atom. The molecule has 0 saturated carbocycles. The van der Waals surface area contributed by atoms with Crippen molar-refractivity contribution in [3.05, 3.63) is 59.8 Å². The lowest BCUT2D eigenvalue weighted by Gasteiger charge is -2.31. The predicted molar refractivity (Wildman–Crippen MR) is 126 cm³/mol. The van der Waals surface area contributed by atoms with Gasteiger partial charge in [-0.2, -0.15) is 0 Å². The summed E-state index contributed by atoms with van der Waals surface area (Å²) in [5, 5.41) is 10.0. The molecule has 3 aromatic rings. The molecule has 0 radical (unpaired) electrons. The van der Waals surface area contributed by atoms with Gasteiger partial charge in [0.25, 0.3) is 0 Å². The van der Waals surface area contributed by atoms with Crippen LogP contribution in [0.15, 0.2) is 48.7 Å². The quantitative estimate of drug-likeness (QED) is 0.484. The van der Waals surface area contributed by atoms with Crippen molar-refractivity contribution in [3.63, 3.8) is 0 Å². The van der Waals surface area contributed by atoms with Gasteiger partial charge in [0.1, 0.15) is 0 Å². The van der Waals surface area contributed by atoms with Crippen molar-refractivity contribution < 1.29 is 18.3 Å². The number of aliphatic hydroxyl groups is 1. The molecule has 1 amide bonds. The first-order valence-electron chi connectivity index (χ1n) is 11.0. The molecule has 1 aromatic heterocycles. The lowest BCUT2D eigenvalue weighted by atomic mass is 9.88. The van der Waals surface area contributed by atoms with Crippen LogP contribution in [0.25, 0.3) is 22.0 Å². The van der Waals surface area contributed by atoms with Gasteiger partial charge in [0.15, 0.2) is 0 Å². The van der Waals surface area contributed by atoms with Gasteiger partial charge in [0.05, 0.1) is 12.2 Å². The summed E-state index contributed by atoms with van der Waals surface area (Å²) in [5.74, 6) is -0.174. The molecule has 1 fully saturated rings. The van der Waals surface area contributed by atoms with Crippen molar-refractivity contribution in [2.24, 2.45) is 5.73 Å². The first-order chi connectivity index (χ1) is 15.4. The van der Waals surface area contributed by atoms with Crippen LogP contribution in [0.1, 0.15) is 36.3 Å². The van der Waals surface area contributed by atoms with Crippen molar-refractivity contribution >= 4 is 26.8 Å². The smallest absolute Gasteiger partial charge is 0.221 e. The number of rotatable bonds is 8. The number of aliphatic hydroxyl groups excluding tert-OH is 1. The lowest BCUT2D eigenvalue weighted by molar-refractivity contribution is -0.117. The highest BCUT2D eigenvalue weighted by atomic mass is 32.2. The highest BCUT2D eigenvalue weighted by Crippen LogP contribution is 2.37. The van der Waals surface area contributed by atoms with Crippen LogP contribution in [0.4, 0.5) is 0 Å². The monoisotopic (exact) mass is 455 g/mol. The number of nitrogens with two attached hydrogens (primary N) is 1. The molecule has 4 N–H and O–H groups in total. The lowest BCUT2D eigenvalue weighted by Crippen LogP contribution is -2.39. The Hall–Kier alpha value is -2.68. The van der Waals surface area contributed by atoms with E-state index in [0.29, 0.717) is 13.1 Å². The molecule has 1 aliphatic heterocycles. The number of nitrogens with zero attached hydrogens (tertiary/aromatic N) is 1. The van der Waals surface area contributed by atoms with Crippen LogP contribution in [-0.2, 0) is 21.2 Å². The number of carbonyl (C=O) groups is 1. The molecular formula is C24H29N3O4S. The van der Waals surface area contributed by atoms with Crippen molar-refractivity contribution in [1.82, 2.24) is 9.29 Å². The van der Waals surface area contributed by atoms with Crippen LogP contribution < -0.4 is 5.73 Å². The fourth-order valence-corrected chi connectivity index (χ4v) is 6.13. The topological polar surface area (TPSA) is 116 Å². The number of benzene rings is 2. The Labute approximate surface area is 188 Å². The van der Waals surface area contributed by atoms with Crippen LogP contribution in [0, 0.1) is 0 Å². The van der Waals surface area contributed by atoms with Crippen LogP contribution >= 0.6 is 0 Å². The van der Waals surface area contributed by atoms with E-state index in [1.165, 1.54) is 0 Å². The molecule has 8 heteroatoms. The zero-order valence-electron chi connectivity index (χ0n) is 18.0. The molecule has 0 atom stereocenters. The third-order valence-electron chi connectivity index (χ3n) is 6.22. The molecule has 1 saturated heterocycles. The van der Waals surface area contributed by atoms with E-state index >= 15 is 0 Å². The average molecular weight is 456 g/mol. The van der Waals surface area contributed by atoms with Gasteiger partial charge in [-0.1, -0.05) is 30.3 Å². The second-order valence-electron chi connectivity index (χ2n) is 8.38. The normalized spacial score (nSPS) is 15.9. The Morgan fingerprint density at radius 1 is 1.12 bits per heavy atom. The molecular weight excluding hydrogens is 426 g/mol. The van der Waals surface area contributed by atoms with E-state index in [1.54, 1.807) is 4.31 Å². The molecule has 4 rings (SSSR count). The maximum absolute atomic E-state index is 12.5. The Morgan fingerprint density at radius 2 is 1.84 bits per heavy atom. The van der Waals surface area contributed by atoms with E-state index < -0.39 is 10.0 Å². The molecule has 2 aromatic carbocycles. The Kier molecular flexibility index (Phi) is 6.64. The van der Waals surface area contributed by atoms with Crippen molar-refractivity contribution in [1.29, 1.82) is 0 Å². The second-order valence-corrected chi connectivity index (χ2v) is 10.5. The zero-order chi connectivity index (χ0) is 22.7. The minimum absolute atomic E-state index is 0.0157. The molecule has 0 spiro atoms. The number of fused-ring (bicyclic) bond motifs is 1. The molecule has 32 heavy (non-hydrogen) atoms. The zero-order valence-corrected chi connectivity index (χ0v) is 18.8. The predicted octanol–water partition coefficient (Wildman–Crippen LogP) is 2.75. The number of hydrogen-bond donors (Lipinski definition) is 3. The first kappa shape index (κ1) is 22.5. The van der Waals surface area contributed by atoms with Crippen molar-refractivity contribution in [2.75, 3.05) is 25.4 Å². The standard InChI is InChI=1S/C24H29N3O4S/c25-23(29)15-20-13-19(17-5-2-1-3-6-17)14-21-22(16-26-24(20)21)18-7-9-27(10-8-18)32(30,31)12-4-11-28/h1-3,5-6,13-14,16,18,26,28H,4,7-12,15H2,(H2,25,29). The summed E-state index contributed by atoms with van der Waals surface area (Å²) >= 11 is 0. The minimum Gasteiger partial charge on any atom is -0.396 e. The molecule has 0 aliphatic carbocycles. The summed E-state index contributed by atoms with van der Waals surface area (Å²) in [5.41, 5.74) is 10.5. The molecule has 0 unspecified atom stereocenters. The van der Waals surface area contributed by atoms with E-state index in [0.717, 1.165) is 46.0 Å². The van der Waals surface area contributed by atoms with Gasteiger partial charge in [0, 0.05) is 36.8 Å². The van der Waals surface area contributed by atoms with Gasteiger partial charge in [-0.3, -0.25) is 4.79 Å². The fourth-order valence-electron chi connectivity index (χ4n) is 4.61. The van der Waals surface area contributed by atoms with E-state index in [-0.39, 0.29) is 37.0 Å². The summed E-state index contributed by atoms with van der Waals surface area (Å²) in [6.07, 6.45) is 3.86. The summed E-state index contributed by atoms with van der Waals surface area (Å²) in [6.45, 7) is 0.817. The number of piperidine rings is 1. The number of H-pyrrole nitrogens is 1. The van der Waals surface area contributed by atoms with Crippen molar-refractivity contribution in [2.45, 2.75) is 31.6 Å². The van der Waals surface area contributed by atoms with E-state index in [2.05, 4.69) is 11.1 Å². The number of sulfonamides is 1. The number of aromatic nitrogens is 1. The number of nitrogens with one attached hydrogen (secondary N) is 1. The van der Waals surface area contributed by atoms with Gasteiger partial charge in [-0.25, -0.2) is 12.7 Å². The minimum atomic E-state index is -3.33. The summed E-state index contributed by atoms with van der Waals surface area (Å²) in [4.78, 5) is 15.0. The maximum atomic E-state index is 12.5. The number of amides is 1. The van der Waals surface area contributed by atoms with E-state index in [9.17, 15) is 13.2 Å². The highest BCUT2D eigenvalue weighted by molar-refractivity contribution is 7.89. The number of carbonyl (C=O) groups excluding carboxylic acids is 1. The van der Waals surface area contributed by atoms with Gasteiger partial charge < -0.3 is 15.8 Å². The van der Waals surface area contributed by atoms with Crippen LogP contribution in [0.2, 0.25) is 0 Å². The van der Waals surface area contributed by atoms with E-state index in [4.69, 9.17) is 10.8 Å². The highest BCUT2D eigenvalue weighted by Gasteiger charge is 2.29. The molecule has 170 valence electrons. The summed E-state index contributed by atoms with van der Waals surface area (Å²) < 4.78 is 26.5. The van der Waals surface area contributed by atoms with Crippen LogP contribution in [0.3, 0.4) is 0 Å². The van der Waals surface area contributed by atoms with Crippen molar-refractivity contribution in [3.8, 4) is 11.1 Å². The molecule has 7 nitrogen and oxygen atoms in total. The fraction of sp³-hybridized carbons (Fsp3) is 0.375. The first-order valence-corrected chi connectivity index (χ1v) is 12.6. The number of aromatic amines is 1. The number of hydrogen-bond acceptors (Lipinski definition) is 4. The average Bonchev–Trinajstić information content (AvgIpc) is 3.22. The SMILES string of the molecule is NC(=O)Cc1cc(-c2ccccc2)cc2c(C3CCN(S(=O)(=O)CCCO)CC3)c[nH]c12. The van der Waals surface area contributed by atoms with Gasteiger partial charge >= 0.3 is 0 Å². The molecule has 2 heterocycles. The van der Waals surface area contributed by atoms with Crippen LogP contribution in [-0.4, -0.2) is 54.2 Å². The third-order valence-corrected chi connectivity index (χ3v) is 8.18. The molecule has 0 bridgehead atoms. The van der Waals surface area contributed by atoms with Gasteiger partial charge in [0.2, 0.25) is 15.9 Å².